The van der Waals surface area contributed by atoms with Crippen molar-refractivity contribution in [2.24, 2.45) is 34.0 Å². The number of carbonyl (C=O) groups is 1. The molecule has 3 N–H and O–H groups in total. The van der Waals surface area contributed by atoms with E-state index < -0.39 is 23.6 Å². The van der Waals surface area contributed by atoms with E-state index in [2.05, 4.69) is 13.5 Å². The van der Waals surface area contributed by atoms with Crippen molar-refractivity contribution in [2.45, 2.75) is 71.0 Å². The van der Waals surface area contributed by atoms with Crippen LogP contribution in [0.1, 0.15) is 58.8 Å². The molecule has 4 aliphatic rings. The Morgan fingerprint density at radius 1 is 1.21 bits per heavy atom. The molecule has 4 nitrogen and oxygen atoms in total. The number of aliphatic hydroxyl groups is 2. The molecule has 0 heterocycles. The number of carboxylic acid groups (broad SMARTS) is 1. The highest BCUT2D eigenvalue weighted by atomic mass is 16.4. The fourth-order valence-corrected chi connectivity index (χ4v) is 7.63. The lowest BCUT2D eigenvalue weighted by Gasteiger charge is -2.65. The molecule has 134 valence electrons. The molecular weight excluding hydrogens is 304 g/mol. The van der Waals surface area contributed by atoms with Gasteiger partial charge in [0.2, 0.25) is 0 Å². The Balaban J connectivity index is 1.84. The summed E-state index contributed by atoms with van der Waals surface area (Å²) in [4.78, 5) is 12.1. The molecule has 8 atom stereocenters. The highest BCUT2D eigenvalue weighted by Gasteiger charge is 2.70. The fraction of sp³-hybridized carbons (Fsp3) is 0.850. The molecule has 0 radical (unpaired) electrons. The van der Waals surface area contributed by atoms with Crippen LogP contribution in [0.5, 0.6) is 0 Å². The molecular formula is C20H30O4. The number of aliphatic hydroxyl groups excluding tert-OH is 2. The summed E-state index contributed by atoms with van der Waals surface area (Å²) in [5, 5.41) is 32.1. The molecule has 4 heteroatoms. The first-order valence-electron chi connectivity index (χ1n) is 9.42. The molecule has 0 saturated heterocycles. The van der Waals surface area contributed by atoms with E-state index in [4.69, 9.17) is 0 Å². The van der Waals surface area contributed by atoms with E-state index >= 15 is 0 Å². The lowest BCUT2D eigenvalue weighted by atomic mass is 9.39. The zero-order valence-corrected chi connectivity index (χ0v) is 14.8. The zero-order valence-electron chi connectivity index (χ0n) is 14.8. The quantitative estimate of drug-likeness (QED) is 0.644. The van der Waals surface area contributed by atoms with Gasteiger partial charge < -0.3 is 15.3 Å². The van der Waals surface area contributed by atoms with E-state index in [0.29, 0.717) is 18.8 Å². The minimum atomic E-state index is -0.804. The molecule has 0 amide bonds. The maximum atomic E-state index is 12.1. The molecule has 0 unspecified atom stereocenters. The van der Waals surface area contributed by atoms with Gasteiger partial charge in [-0.15, -0.1) is 0 Å². The van der Waals surface area contributed by atoms with Gasteiger partial charge >= 0.3 is 5.97 Å². The number of rotatable bonds is 1. The molecule has 4 rings (SSSR count). The van der Waals surface area contributed by atoms with E-state index in [1.165, 1.54) is 5.57 Å². The van der Waals surface area contributed by atoms with E-state index in [0.717, 1.165) is 32.1 Å². The minimum absolute atomic E-state index is 0.0202. The first-order chi connectivity index (χ1) is 11.1. The lowest BCUT2D eigenvalue weighted by molar-refractivity contribution is -0.232. The summed E-state index contributed by atoms with van der Waals surface area (Å²) in [6, 6.07) is 0. The molecule has 4 saturated carbocycles. The Hall–Kier alpha value is -0.870. The molecule has 4 fully saturated rings. The largest absolute Gasteiger partial charge is 0.481 e. The highest BCUT2D eigenvalue weighted by Crippen LogP contribution is 2.72. The third-order valence-electron chi connectivity index (χ3n) is 8.59. The zero-order chi connectivity index (χ0) is 17.5. The molecule has 2 bridgehead atoms. The molecule has 24 heavy (non-hydrogen) atoms. The van der Waals surface area contributed by atoms with Crippen LogP contribution in [-0.2, 0) is 4.79 Å². The van der Waals surface area contributed by atoms with E-state index in [-0.39, 0.29) is 22.7 Å². The maximum absolute atomic E-state index is 12.1. The number of hydrogen-bond acceptors (Lipinski definition) is 3. The van der Waals surface area contributed by atoms with Crippen LogP contribution in [0.3, 0.4) is 0 Å². The van der Waals surface area contributed by atoms with Gasteiger partial charge in [0.25, 0.3) is 0 Å². The number of allylic oxidation sites excluding steroid dienone is 1. The Morgan fingerprint density at radius 2 is 1.92 bits per heavy atom. The van der Waals surface area contributed by atoms with Crippen molar-refractivity contribution in [2.75, 3.05) is 0 Å². The summed E-state index contributed by atoms with van der Waals surface area (Å²) < 4.78 is 0. The van der Waals surface area contributed by atoms with Crippen molar-refractivity contribution in [1.29, 1.82) is 0 Å². The van der Waals surface area contributed by atoms with E-state index in [9.17, 15) is 20.1 Å². The first kappa shape index (κ1) is 16.6. The molecule has 0 aliphatic heterocycles. The van der Waals surface area contributed by atoms with Crippen LogP contribution in [-0.4, -0.2) is 33.5 Å². The van der Waals surface area contributed by atoms with E-state index in [1.54, 1.807) is 0 Å². The summed E-state index contributed by atoms with van der Waals surface area (Å²) in [6.07, 6.45) is 4.50. The lowest BCUT2D eigenvalue weighted by Crippen LogP contribution is -2.65. The summed E-state index contributed by atoms with van der Waals surface area (Å²) in [5.41, 5.74) is -0.141. The predicted molar refractivity (Wildman–Crippen MR) is 90.2 cm³/mol. The van der Waals surface area contributed by atoms with Crippen LogP contribution in [0.2, 0.25) is 0 Å². The summed E-state index contributed by atoms with van der Waals surface area (Å²) in [6.45, 7) is 8.27. The summed E-state index contributed by atoms with van der Waals surface area (Å²) in [7, 11) is 0. The Kier molecular flexibility index (Phi) is 3.35. The van der Waals surface area contributed by atoms with Crippen molar-refractivity contribution in [3.8, 4) is 0 Å². The van der Waals surface area contributed by atoms with Gasteiger partial charge in [0.1, 0.15) is 0 Å². The number of hydrogen-bond donors (Lipinski definition) is 3. The second-order valence-electron chi connectivity index (χ2n) is 9.64. The Bertz CT molecular complexity index is 600. The van der Waals surface area contributed by atoms with E-state index in [1.807, 2.05) is 6.92 Å². The fourth-order valence-electron chi connectivity index (χ4n) is 7.63. The minimum Gasteiger partial charge on any atom is -0.481 e. The van der Waals surface area contributed by atoms with Crippen molar-refractivity contribution < 1.29 is 20.1 Å². The van der Waals surface area contributed by atoms with Crippen LogP contribution in [0.15, 0.2) is 12.2 Å². The van der Waals surface area contributed by atoms with Crippen molar-refractivity contribution >= 4 is 5.97 Å². The second-order valence-corrected chi connectivity index (χ2v) is 9.64. The maximum Gasteiger partial charge on any atom is 0.309 e. The first-order valence-corrected chi connectivity index (χ1v) is 9.42. The van der Waals surface area contributed by atoms with Gasteiger partial charge in [-0.05, 0) is 68.6 Å². The van der Waals surface area contributed by atoms with Crippen LogP contribution in [0.25, 0.3) is 0 Å². The van der Waals surface area contributed by atoms with Crippen molar-refractivity contribution in [1.82, 2.24) is 0 Å². The van der Waals surface area contributed by atoms with Crippen molar-refractivity contribution in [3.05, 3.63) is 12.2 Å². The third-order valence-corrected chi connectivity index (χ3v) is 8.59. The van der Waals surface area contributed by atoms with Crippen LogP contribution < -0.4 is 0 Å². The van der Waals surface area contributed by atoms with Crippen molar-refractivity contribution in [3.63, 3.8) is 0 Å². The van der Waals surface area contributed by atoms with Gasteiger partial charge in [-0.3, -0.25) is 4.79 Å². The SMILES string of the molecule is C=C1C[C@]23C[C@H]1C[C@@H](O)[C@H]2[C@]1(C)CCC[C@@](C)(C(=O)O)[C@H]1C[C@@H]3O. The van der Waals surface area contributed by atoms with Gasteiger partial charge in [-0.2, -0.15) is 0 Å². The second kappa shape index (κ2) is 4.85. The number of fused-ring (bicyclic) bond motifs is 3. The summed E-state index contributed by atoms with van der Waals surface area (Å²) >= 11 is 0. The molecule has 0 aromatic heterocycles. The number of carboxylic acids is 1. The van der Waals surface area contributed by atoms with Gasteiger partial charge in [-0.1, -0.05) is 25.5 Å². The van der Waals surface area contributed by atoms with Crippen LogP contribution in [0, 0.1) is 34.0 Å². The average Bonchev–Trinajstić information content (AvgIpc) is 2.74. The molecule has 4 aliphatic carbocycles. The molecule has 1 spiro atoms. The average molecular weight is 334 g/mol. The Labute approximate surface area is 144 Å². The molecule has 0 aromatic rings. The topological polar surface area (TPSA) is 77.8 Å². The van der Waals surface area contributed by atoms with Gasteiger partial charge in [0, 0.05) is 5.41 Å². The van der Waals surface area contributed by atoms with Gasteiger partial charge in [-0.25, -0.2) is 0 Å². The van der Waals surface area contributed by atoms with Gasteiger partial charge in [0.05, 0.1) is 17.6 Å². The van der Waals surface area contributed by atoms with Gasteiger partial charge in [0.15, 0.2) is 0 Å². The van der Waals surface area contributed by atoms with Crippen LogP contribution in [0.4, 0.5) is 0 Å². The predicted octanol–water partition coefficient (Wildman–Crippen LogP) is 2.98. The molecule has 0 aromatic carbocycles. The van der Waals surface area contributed by atoms with Crippen LogP contribution >= 0.6 is 0 Å². The highest BCUT2D eigenvalue weighted by molar-refractivity contribution is 5.75. The monoisotopic (exact) mass is 334 g/mol. The number of aliphatic carboxylic acids is 1. The standard InChI is InChI=1S/C20H30O4/c1-11-9-20-10-12(11)7-13(21)16(20)18(2)5-4-6-19(3,17(23)24)14(18)8-15(20)22/h12-16,21-22H,1,4-10H2,2-3H3,(H,23,24)/t12-,13-,14+,15+,16+,18-,19-,20-/m1/s1. The third kappa shape index (κ3) is 1.79. The summed E-state index contributed by atoms with van der Waals surface area (Å²) in [5.74, 6) is -0.531. The smallest absolute Gasteiger partial charge is 0.309 e. The Morgan fingerprint density at radius 3 is 2.58 bits per heavy atom. The normalized spacial score (nSPS) is 56.5.